The van der Waals surface area contributed by atoms with Gasteiger partial charge >= 0.3 is 6.18 Å². The third-order valence-electron chi connectivity index (χ3n) is 4.59. The van der Waals surface area contributed by atoms with Gasteiger partial charge in [0, 0.05) is 16.7 Å². The number of hydrogen-bond donors (Lipinski definition) is 0. The average molecular weight is 482 g/mol. The van der Waals surface area contributed by atoms with Gasteiger partial charge in [0.1, 0.15) is 17.3 Å². The molecule has 0 atom stereocenters. The summed E-state index contributed by atoms with van der Waals surface area (Å²) in [6.45, 7) is -0.130. The number of carbonyl (C=O) groups excluding carboxylic acids is 2. The van der Waals surface area contributed by atoms with Crippen LogP contribution in [0.1, 0.15) is 16.9 Å². The summed E-state index contributed by atoms with van der Waals surface area (Å²) in [6.07, 6.45) is -3.15. The summed E-state index contributed by atoms with van der Waals surface area (Å²) >= 11 is 6.66. The molecule has 0 N–H and O–H groups in total. The van der Waals surface area contributed by atoms with E-state index >= 15 is 0 Å². The lowest BCUT2D eigenvalue weighted by Crippen LogP contribution is -2.27. The maximum absolute atomic E-state index is 13.2. The SMILES string of the molecule is O=C1S/C(=C/c2ccc(-c3cccc(C(F)(F)F)c3)o2)C(=O)N1Cc1ccc(F)cc1Cl. The van der Waals surface area contributed by atoms with Crippen molar-refractivity contribution in [1.82, 2.24) is 4.90 Å². The summed E-state index contributed by atoms with van der Waals surface area (Å²) in [6, 6.07) is 11.3. The van der Waals surface area contributed by atoms with Crippen molar-refractivity contribution in [3.8, 4) is 11.3 Å². The fourth-order valence-electron chi connectivity index (χ4n) is 3.02. The van der Waals surface area contributed by atoms with Crippen molar-refractivity contribution in [3.05, 3.63) is 87.2 Å². The van der Waals surface area contributed by atoms with Crippen LogP contribution in [0.2, 0.25) is 5.02 Å². The van der Waals surface area contributed by atoms with E-state index in [4.69, 9.17) is 16.0 Å². The van der Waals surface area contributed by atoms with Crippen LogP contribution in [0.25, 0.3) is 17.4 Å². The van der Waals surface area contributed by atoms with E-state index in [1.54, 1.807) is 0 Å². The summed E-state index contributed by atoms with van der Waals surface area (Å²) < 4.78 is 57.6. The number of furan rings is 1. The van der Waals surface area contributed by atoms with Crippen molar-refractivity contribution in [2.45, 2.75) is 12.7 Å². The first-order chi connectivity index (χ1) is 15.1. The van der Waals surface area contributed by atoms with Gasteiger partial charge in [-0.25, -0.2) is 4.39 Å². The molecule has 0 bridgehead atoms. The zero-order valence-electron chi connectivity index (χ0n) is 16.0. The van der Waals surface area contributed by atoms with Crippen molar-refractivity contribution < 1.29 is 31.6 Å². The van der Waals surface area contributed by atoms with E-state index in [0.29, 0.717) is 17.3 Å². The molecule has 3 aromatic rings. The topological polar surface area (TPSA) is 50.5 Å². The van der Waals surface area contributed by atoms with Gasteiger partial charge in [-0.15, -0.1) is 0 Å². The molecule has 32 heavy (non-hydrogen) atoms. The highest BCUT2D eigenvalue weighted by Crippen LogP contribution is 2.36. The van der Waals surface area contributed by atoms with Gasteiger partial charge in [0.05, 0.1) is 17.0 Å². The Morgan fingerprint density at radius 1 is 1.06 bits per heavy atom. The summed E-state index contributed by atoms with van der Waals surface area (Å²) in [4.78, 5) is 26.0. The lowest BCUT2D eigenvalue weighted by molar-refractivity contribution is -0.137. The number of carbonyl (C=O) groups is 2. The Morgan fingerprint density at radius 3 is 2.56 bits per heavy atom. The van der Waals surface area contributed by atoms with E-state index < -0.39 is 28.7 Å². The predicted octanol–water partition coefficient (Wildman–Crippen LogP) is 6.99. The minimum atomic E-state index is -4.49. The molecule has 1 aliphatic rings. The fourth-order valence-corrected chi connectivity index (χ4v) is 4.07. The largest absolute Gasteiger partial charge is 0.457 e. The minimum Gasteiger partial charge on any atom is -0.457 e. The highest BCUT2D eigenvalue weighted by molar-refractivity contribution is 8.18. The van der Waals surface area contributed by atoms with Crippen molar-refractivity contribution in [2.75, 3.05) is 0 Å². The molecule has 2 heterocycles. The van der Waals surface area contributed by atoms with Crippen molar-refractivity contribution in [2.24, 2.45) is 0 Å². The number of nitrogens with zero attached hydrogens (tertiary/aromatic N) is 1. The zero-order valence-corrected chi connectivity index (χ0v) is 17.5. The van der Waals surface area contributed by atoms with Gasteiger partial charge in [-0.1, -0.05) is 29.8 Å². The van der Waals surface area contributed by atoms with Crippen LogP contribution >= 0.6 is 23.4 Å². The smallest absolute Gasteiger partial charge is 0.416 e. The quantitative estimate of drug-likeness (QED) is 0.297. The van der Waals surface area contributed by atoms with Crippen molar-refractivity contribution >= 4 is 40.6 Å². The van der Waals surface area contributed by atoms with Crippen LogP contribution in [-0.4, -0.2) is 16.0 Å². The summed E-state index contributed by atoms with van der Waals surface area (Å²) in [5.41, 5.74) is -0.187. The number of imide groups is 1. The molecule has 1 saturated heterocycles. The highest BCUT2D eigenvalue weighted by atomic mass is 35.5. The fraction of sp³-hybridized carbons (Fsp3) is 0.0909. The number of alkyl halides is 3. The second-order valence-electron chi connectivity index (χ2n) is 6.78. The van der Waals surface area contributed by atoms with Gasteiger partial charge in [-0.3, -0.25) is 14.5 Å². The molecule has 4 nitrogen and oxygen atoms in total. The third kappa shape index (κ3) is 4.58. The molecular formula is C22H12ClF4NO3S. The molecule has 0 saturated carbocycles. The van der Waals surface area contributed by atoms with Crippen LogP contribution in [0.15, 0.2) is 63.9 Å². The van der Waals surface area contributed by atoms with Gasteiger partial charge in [0.15, 0.2) is 0 Å². The maximum atomic E-state index is 13.2. The Balaban J connectivity index is 1.55. The van der Waals surface area contributed by atoms with Crippen LogP contribution in [0, 0.1) is 5.82 Å². The molecule has 1 aromatic heterocycles. The second-order valence-corrected chi connectivity index (χ2v) is 8.18. The predicted molar refractivity (Wildman–Crippen MR) is 112 cm³/mol. The van der Waals surface area contributed by atoms with Gasteiger partial charge < -0.3 is 4.42 Å². The van der Waals surface area contributed by atoms with Crippen molar-refractivity contribution in [1.29, 1.82) is 0 Å². The van der Waals surface area contributed by atoms with Crippen molar-refractivity contribution in [3.63, 3.8) is 0 Å². The maximum Gasteiger partial charge on any atom is 0.416 e. The van der Waals surface area contributed by atoms with Crippen LogP contribution < -0.4 is 0 Å². The number of hydrogen-bond acceptors (Lipinski definition) is 4. The monoisotopic (exact) mass is 481 g/mol. The molecule has 0 radical (unpaired) electrons. The number of rotatable bonds is 4. The first kappa shape index (κ1) is 22.2. The first-order valence-electron chi connectivity index (χ1n) is 9.08. The third-order valence-corrected chi connectivity index (χ3v) is 5.85. The number of halogens is 5. The number of amides is 2. The van der Waals surface area contributed by atoms with Crippen LogP contribution in [0.3, 0.4) is 0 Å². The lowest BCUT2D eigenvalue weighted by atomic mass is 10.1. The normalized spacial score (nSPS) is 15.8. The zero-order chi connectivity index (χ0) is 23.0. The molecule has 164 valence electrons. The molecule has 2 aromatic carbocycles. The van der Waals surface area contributed by atoms with Crippen LogP contribution in [-0.2, 0) is 17.5 Å². The molecule has 0 unspecified atom stereocenters. The van der Waals surface area contributed by atoms with Gasteiger partial charge in [0.2, 0.25) is 0 Å². The van der Waals surface area contributed by atoms with E-state index in [-0.39, 0.29) is 33.6 Å². The first-order valence-corrected chi connectivity index (χ1v) is 10.3. The Labute approximate surface area is 188 Å². The Morgan fingerprint density at radius 2 is 1.84 bits per heavy atom. The van der Waals surface area contributed by atoms with Crippen LogP contribution in [0.4, 0.5) is 22.4 Å². The summed E-state index contributed by atoms with van der Waals surface area (Å²) in [7, 11) is 0. The Kier molecular flexibility index (Phi) is 5.87. The Bertz CT molecular complexity index is 1250. The molecule has 1 aliphatic heterocycles. The standard InChI is InChI=1S/C22H12ClF4NO3S/c23-17-9-15(24)5-4-13(17)11-28-20(29)19(32-21(28)30)10-16-6-7-18(31-16)12-2-1-3-14(8-12)22(25,26)27/h1-10H,11H2/b19-10+. The number of benzene rings is 2. The highest BCUT2D eigenvalue weighted by Gasteiger charge is 2.35. The second kappa shape index (κ2) is 8.48. The van der Waals surface area contributed by atoms with E-state index in [1.807, 2.05) is 0 Å². The molecular weight excluding hydrogens is 470 g/mol. The van der Waals surface area contributed by atoms with E-state index in [1.165, 1.54) is 42.5 Å². The Hall–Kier alpha value is -3.04. The summed E-state index contributed by atoms with van der Waals surface area (Å²) in [5.74, 6) is -0.748. The van der Waals surface area contributed by atoms with Gasteiger partial charge in [-0.2, -0.15) is 13.2 Å². The minimum absolute atomic E-state index is 0.0816. The molecule has 0 spiro atoms. The molecule has 0 aliphatic carbocycles. The summed E-state index contributed by atoms with van der Waals surface area (Å²) in [5, 5.41) is -0.448. The van der Waals surface area contributed by atoms with E-state index in [9.17, 15) is 27.2 Å². The van der Waals surface area contributed by atoms with Gasteiger partial charge in [-0.05, 0) is 53.7 Å². The molecule has 10 heteroatoms. The van der Waals surface area contributed by atoms with E-state index in [2.05, 4.69) is 0 Å². The van der Waals surface area contributed by atoms with E-state index in [0.717, 1.165) is 23.1 Å². The van der Waals surface area contributed by atoms with Gasteiger partial charge in [0.25, 0.3) is 11.1 Å². The molecule has 2 amide bonds. The molecule has 4 rings (SSSR count). The molecule has 1 fully saturated rings. The van der Waals surface area contributed by atoms with Crippen LogP contribution in [0.5, 0.6) is 0 Å². The number of thioether (sulfide) groups is 1. The lowest BCUT2D eigenvalue weighted by Gasteiger charge is -2.13. The average Bonchev–Trinajstić information content (AvgIpc) is 3.29.